The van der Waals surface area contributed by atoms with Crippen molar-refractivity contribution in [2.75, 3.05) is 0 Å². The van der Waals surface area contributed by atoms with Crippen LogP contribution in [0.25, 0.3) is 0 Å². The van der Waals surface area contributed by atoms with E-state index in [4.69, 9.17) is 4.74 Å². The van der Waals surface area contributed by atoms with Gasteiger partial charge >= 0.3 is 0 Å². The quantitative estimate of drug-likeness (QED) is 0.670. The van der Waals surface area contributed by atoms with Gasteiger partial charge in [-0.15, -0.1) is 0 Å². The van der Waals surface area contributed by atoms with Crippen molar-refractivity contribution >= 4 is 0 Å². The number of hydrogen-bond acceptors (Lipinski definition) is 2. The molecule has 2 fully saturated rings. The summed E-state index contributed by atoms with van der Waals surface area (Å²) in [5, 5.41) is 3.36. The van der Waals surface area contributed by atoms with E-state index in [1.165, 1.54) is 0 Å². The molecule has 74 valence electrons. The van der Waals surface area contributed by atoms with Gasteiger partial charge in [0.05, 0.1) is 6.10 Å². The molecule has 2 aliphatic rings. The van der Waals surface area contributed by atoms with Gasteiger partial charge in [-0.05, 0) is 24.7 Å². The van der Waals surface area contributed by atoms with Crippen LogP contribution in [0.15, 0.2) is 12.3 Å². The van der Waals surface area contributed by atoms with Crippen LogP contribution in [0.1, 0.15) is 40.0 Å². The van der Waals surface area contributed by atoms with Crippen LogP contribution in [-0.4, -0.2) is 11.8 Å². The van der Waals surface area contributed by atoms with E-state index >= 15 is 0 Å². The summed E-state index contributed by atoms with van der Waals surface area (Å²) in [7, 11) is 0. The minimum Gasteiger partial charge on any atom is -0.359 e. The molecular formula is C11H19NO. The first kappa shape index (κ1) is 9.07. The minimum absolute atomic E-state index is 0.00694. The molecule has 1 N–H and O–H groups in total. The second kappa shape index (κ2) is 2.50. The molecule has 0 aromatic rings. The predicted octanol–water partition coefficient (Wildman–Crippen LogP) is 2.41. The molecule has 2 nitrogen and oxygen atoms in total. The molecule has 0 aromatic carbocycles. The molecule has 1 atom stereocenters. The van der Waals surface area contributed by atoms with E-state index in [1.807, 2.05) is 0 Å². The normalized spacial score (nSPS) is 30.7. The molecule has 1 spiro atoms. The SMILES string of the molecule is C=C1NC2(CC2)OC1CC(C)(C)C. The molecule has 0 radical (unpaired) electrons. The van der Waals surface area contributed by atoms with Gasteiger partial charge in [-0.2, -0.15) is 0 Å². The molecule has 0 amide bonds. The molecule has 13 heavy (non-hydrogen) atoms. The smallest absolute Gasteiger partial charge is 0.139 e. The first-order chi connectivity index (χ1) is 5.90. The average Bonchev–Trinajstić information content (AvgIpc) is 2.57. The fourth-order valence-corrected chi connectivity index (χ4v) is 1.82. The summed E-state index contributed by atoms with van der Waals surface area (Å²) >= 11 is 0. The van der Waals surface area contributed by atoms with E-state index in [1.54, 1.807) is 0 Å². The fourth-order valence-electron chi connectivity index (χ4n) is 1.82. The Morgan fingerprint density at radius 3 is 2.54 bits per heavy atom. The maximum Gasteiger partial charge on any atom is 0.139 e. The van der Waals surface area contributed by atoms with Gasteiger partial charge in [0.2, 0.25) is 0 Å². The molecule has 1 aliphatic heterocycles. The van der Waals surface area contributed by atoms with Gasteiger partial charge < -0.3 is 10.1 Å². The van der Waals surface area contributed by atoms with E-state index < -0.39 is 0 Å². The highest BCUT2D eigenvalue weighted by atomic mass is 16.5. The van der Waals surface area contributed by atoms with Crippen molar-refractivity contribution in [2.24, 2.45) is 5.41 Å². The van der Waals surface area contributed by atoms with E-state index in [-0.39, 0.29) is 11.8 Å². The Morgan fingerprint density at radius 2 is 2.15 bits per heavy atom. The lowest BCUT2D eigenvalue weighted by Gasteiger charge is -2.22. The molecule has 1 saturated carbocycles. The number of hydrogen-bond donors (Lipinski definition) is 1. The predicted molar refractivity (Wildman–Crippen MR) is 53.2 cm³/mol. The summed E-state index contributed by atoms with van der Waals surface area (Å²) in [6.45, 7) is 10.7. The first-order valence-electron chi connectivity index (χ1n) is 5.05. The van der Waals surface area contributed by atoms with Crippen LogP contribution in [0.5, 0.6) is 0 Å². The molecular weight excluding hydrogens is 162 g/mol. The summed E-state index contributed by atoms with van der Waals surface area (Å²) in [5.41, 5.74) is 1.40. The van der Waals surface area contributed by atoms with Crippen LogP contribution >= 0.6 is 0 Å². The lowest BCUT2D eigenvalue weighted by molar-refractivity contribution is 0.00810. The maximum absolute atomic E-state index is 5.94. The van der Waals surface area contributed by atoms with Gasteiger partial charge in [-0.1, -0.05) is 27.4 Å². The highest BCUT2D eigenvalue weighted by molar-refractivity contribution is 5.16. The van der Waals surface area contributed by atoms with E-state index in [0.717, 1.165) is 25.0 Å². The Morgan fingerprint density at radius 1 is 1.54 bits per heavy atom. The summed E-state index contributed by atoms with van der Waals surface area (Å²) < 4.78 is 5.94. The molecule has 0 aromatic heterocycles. The average molecular weight is 181 g/mol. The van der Waals surface area contributed by atoms with Crippen molar-refractivity contribution in [3.8, 4) is 0 Å². The first-order valence-corrected chi connectivity index (χ1v) is 5.05. The van der Waals surface area contributed by atoms with Gasteiger partial charge in [0, 0.05) is 5.70 Å². The van der Waals surface area contributed by atoms with Crippen LogP contribution in [0, 0.1) is 5.41 Å². The molecule has 1 unspecified atom stereocenters. The zero-order valence-corrected chi connectivity index (χ0v) is 8.81. The monoisotopic (exact) mass is 181 g/mol. The summed E-state index contributed by atoms with van der Waals surface area (Å²) in [6, 6.07) is 0. The van der Waals surface area contributed by atoms with Crippen LogP contribution in [0.3, 0.4) is 0 Å². The molecule has 2 heteroatoms. The van der Waals surface area contributed by atoms with Crippen molar-refractivity contribution in [2.45, 2.75) is 51.9 Å². The summed E-state index contributed by atoms with van der Waals surface area (Å²) in [4.78, 5) is 0. The highest BCUT2D eigenvalue weighted by Crippen LogP contribution is 2.45. The van der Waals surface area contributed by atoms with Gasteiger partial charge in [0.1, 0.15) is 5.72 Å². The molecule has 1 heterocycles. The zero-order valence-electron chi connectivity index (χ0n) is 8.81. The molecule has 2 rings (SSSR count). The van der Waals surface area contributed by atoms with Crippen LogP contribution in [0.4, 0.5) is 0 Å². The lowest BCUT2D eigenvalue weighted by atomic mass is 9.88. The van der Waals surface area contributed by atoms with E-state index in [9.17, 15) is 0 Å². The topological polar surface area (TPSA) is 21.3 Å². The van der Waals surface area contributed by atoms with Crippen molar-refractivity contribution in [3.05, 3.63) is 12.3 Å². The number of rotatable bonds is 1. The Hall–Kier alpha value is -0.500. The van der Waals surface area contributed by atoms with Gasteiger partial charge in [-0.25, -0.2) is 0 Å². The third-order valence-electron chi connectivity index (χ3n) is 2.65. The van der Waals surface area contributed by atoms with Crippen molar-refractivity contribution in [3.63, 3.8) is 0 Å². The van der Waals surface area contributed by atoms with E-state index in [2.05, 4.69) is 32.7 Å². The lowest BCUT2D eigenvalue weighted by Crippen LogP contribution is -2.22. The van der Waals surface area contributed by atoms with Gasteiger partial charge in [0.25, 0.3) is 0 Å². The summed E-state index contributed by atoms with van der Waals surface area (Å²) in [5.74, 6) is 0. The van der Waals surface area contributed by atoms with Gasteiger partial charge in [0.15, 0.2) is 0 Å². The Balaban J connectivity index is 1.97. The number of ether oxygens (including phenoxy) is 1. The van der Waals surface area contributed by atoms with Gasteiger partial charge in [-0.3, -0.25) is 0 Å². The van der Waals surface area contributed by atoms with Crippen LogP contribution in [-0.2, 0) is 4.74 Å². The second-order valence-corrected chi connectivity index (χ2v) is 5.52. The van der Waals surface area contributed by atoms with E-state index in [0.29, 0.717) is 5.41 Å². The molecule has 1 saturated heterocycles. The zero-order chi connectivity index (χ0) is 9.69. The summed E-state index contributed by atoms with van der Waals surface area (Å²) in [6.07, 6.45) is 3.57. The minimum atomic E-state index is 0.00694. The standard InChI is InChI=1S/C11H19NO/c1-8-9(7-10(2,3)4)13-11(12-8)5-6-11/h9,12H,1,5-7H2,2-4H3. The van der Waals surface area contributed by atoms with Crippen LogP contribution in [0.2, 0.25) is 0 Å². The fraction of sp³-hybridized carbons (Fsp3) is 0.818. The molecule has 0 bridgehead atoms. The maximum atomic E-state index is 5.94. The third kappa shape index (κ3) is 1.88. The largest absolute Gasteiger partial charge is 0.359 e. The highest BCUT2D eigenvalue weighted by Gasteiger charge is 2.52. The Kier molecular flexibility index (Phi) is 1.75. The van der Waals surface area contributed by atoms with Crippen LogP contribution < -0.4 is 5.32 Å². The second-order valence-electron chi connectivity index (χ2n) is 5.52. The Labute approximate surface area is 80.4 Å². The Bertz CT molecular complexity index is 235. The number of nitrogens with one attached hydrogen (secondary N) is 1. The third-order valence-corrected chi connectivity index (χ3v) is 2.65. The van der Waals surface area contributed by atoms with Crippen molar-refractivity contribution in [1.82, 2.24) is 5.32 Å². The molecule has 1 aliphatic carbocycles. The van der Waals surface area contributed by atoms with Crippen molar-refractivity contribution in [1.29, 1.82) is 0 Å². The van der Waals surface area contributed by atoms with Crippen molar-refractivity contribution < 1.29 is 4.74 Å².